The lowest BCUT2D eigenvalue weighted by atomic mass is 10.1. The summed E-state index contributed by atoms with van der Waals surface area (Å²) >= 11 is 0. The zero-order valence-corrected chi connectivity index (χ0v) is 10.9. The van der Waals surface area contributed by atoms with Gasteiger partial charge in [0, 0.05) is 24.7 Å². The molecule has 1 fully saturated rings. The van der Waals surface area contributed by atoms with Crippen LogP contribution in [-0.2, 0) is 9.59 Å². The predicted octanol–water partition coefficient (Wildman–Crippen LogP) is 1.16. The molecule has 0 saturated carbocycles. The number of nitrogens with one attached hydrogen (secondary N) is 1. The average molecular weight is 262 g/mol. The molecule has 102 valence electrons. The van der Waals surface area contributed by atoms with E-state index in [0.717, 1.165) is 11.3 Å². The number of aryl methyl sites for hydroxylation is 1. The van der Waals surface area contributed by atoms with Crippen LogP contribution in [0.25, 0.3) is 0 Å². The number of piperazine rings is 1. The monoisotopic (exact) mass is 262 g/mol. The van der Waals surface area contributed by atoms with Crippen molar-refractivity contribution >= 4 is 17.6 Å². The van der Waals surface area contributed by atoms with Crippen LogP contribution in [0.4, 0.5) is 5.69 Å². The number of carbonyl (C=O) groups excluding carboxylic acids is 1. The summed E-state index contributed by atoms with van der Waals surface area (Å²) in [6.07, 6.45) is 0.645. The van der Waals surface area contributed by atoms with E-state index in [1.807, 2.05) is 36.1 Å². The fourth-order valence-corrected chi connectivity index (χ4v) is 2.27. The molecule has 0 spiro atoms. The zero-order valence-electron chi connectivity index (χ0n) is 10.9. The highest BCUT2D eigenvalue weighted by atomic mass is 16.4. The van der Waals surface area contributed by atoms with E-state index in [9.17, 15) is 9.59 Å². The smallest absolute Gasteiger partial charge is 0.303 e. The molecule has 1 saturated heterocycles. The topological polar surface area (TPSA) is 69.6 Å². The number of hydrogen-bond acceptors (Lipinski definition) is 3. The fraction of sp³-hybridized carbons (Fsp3) is 0.429. The third kappa shape index (κ3) is 3.47. The normalized spacial score (nSPS) is 19.1. The van der Waals surface area contributed by atoms with Crippen LogP contribution in [0.15, 0.2) is 24.3 Å². The maximum absolute atomic E-state index is 11.5. The van der Waals surface area contributed by atoms with Gasteiger partial charge in [0.2, 0.25) is 5.91 Å². The van der Waals surface area contributed by atoms with Gasteiger partial charge in [0.1, 0.15) is 0 Å². The Morgan fingerprint density at radius 2 is 2.11 bits per heavy atom. The van der Waals surface area contributed by atoms with Crippen molar-refractivity contribution in [3.63, 3.8) is 0 Å². The molecule has 1 heterocycles. The largest absolute Gasteiger partial charge is 0.481 e. The van der Waals surface area contributed by atoms with Crippen LogP contribution in [0.1, 0.15) is 18.4 Å². The fourth-order valence-electron chi connectivity index (χ4n) is 2.27. The van der Waals surface area contributed by atoms with Crippen LogP contribution in [0.5, 0.6) is 0 Å². The van der Waals surface area contributed by atoms with Crippen molar-refractivity contribution in [1.82, 2.24) is 5.32 Å². The molecule has 5 heteroatoms. The summed E-state index contributed by atoms with van der Waals surface area (Å²) in [6, 6.07) is 7.98. The van der Waals surface area contributed by atoms with E-state index < -0.39 is 5.97 Å². The summed E-state index contributed by atoms with van der Waals surface area (Å²) < 4.78 is 0. The van der Waals surface area contributed by atoms with E-state index in [-0.39, 0.29) is 24.9 Å². The summed E-state index contributed by atoms with van der Waals surface area (Å²) in [6.45, 7) is 2.79. The first-order chi connectivity index (χ1) is 9.06. The number of benzene rings is 1. The summed E-state index contributed by atoms with van der Waals surface area (Å²) in [7, 11) is 0. The van der Waals surface area contributed by atoms with E-state index >= 15 is 0 Å². The third-order valence-corrected chi connectivity index (χ3v) is 3.35. The van der Waals surface area contributed by atoms with Crippen LogP contribution in [0.2, 0.25) is 0 Å². The Kier molecular flexibility index (Phi) is 4.04. The van der Waals surface area contributed by atoms with Crippen molar-refractivity contribution in [2.75, 3.05) is 18.0 Å². The molecule has 2 rings (SSSR count). The molecule has 1 amide bonds. The third-order valence-electron chi connectivity index (χ3n) is 3.35. The lowest BCUT2D eigenvalue weighted by Crippen LogP contribution is -2.54. The number of hydrogen-bond donors (Lipinski definition) is 2. The van der Waals surface area contributed by atoms with E-state index in [0.29, 0.717) is 13.0 Å². The number of amides is 1. The maximum atomic E-state index is 11.5. The number of carbonyl (C=O) groups is 2. The second-order valence-corrected chi connectivity index (χ2v) is 4.85. The highest BCUT2D eigenvalue weighted by Gasteiger charge is 2.26. The Morgan fingerprint density at radius 1 is 1.42 bits per heavy atom. The van der Waals surface area contributed by atoms with E-state index in [1.54, 1.807) is 0 Å². The second-order valence-electron chi connectivity index (χ2n) is 4.85. The van der Waals surface area contributed by atoms with Gasteiger partial charge in [-0.2, -0.15) is 0 Å². The van der Waals surface area contributed by atoms with Gasteiger partial charge in [0.05, 0.1) is 6.54 Å². The Balaban J connectivity index is 2.13. The molecule has 0 aromatic heterocycles. The van der Waals surface area contributed by atoms with Crippen molar-refractivity contribution in [3.05, 3.63) is 29.8 Å². The minimum atomic E-state index is -0.805. The molecule has 1 aromatic carbocycles. The van der Waals surface area contributed by atoms with Gasteiger partial charge >= 0.3 is 5.97 Å². The molecule has 19 heavy (non-hydrogen) atoms. The first-order valence-corrected chi connectivity index (χ1v) is 6.38. The van der Waals surface area contributed by atoms with Gasteiger partial charge in [-0.25, -0.2) is 0 Å². The van der Waals surface area contributed by atoms with Gasteiger partial charge in [0.25, 0.3) is 0 Å². The molecule has 1 atom stereocenters. The standard InChI is InChI=1S/C14H18N2O3/c1-10-2-4-11(5-3-10)16-9-13(17)15-8-12(16)6-7-14(18)19/h2-5,12H,6-9H2,1H3,(H,15,17)(H,18,19). The first-order valence-electron chi connectivity index (χ1n) is 6.38. The van der Waals surface area contributed by atoms with Crippen molar-refractivity contribution in [3.8, 4) is 0 Å². The number of rotatable bonds is 4. The molecule has 0 bridgehead atoms. The van der Waals surface area contributed by atoms with Crippen molar-refractivity contribution in [2.45, 2.75) is 25.8 Å². The van der Waals surface area contributed by atoms with Gasteiger partial charge in [-0.3, -0.25) is 9.59 Å². The van der Waals surface area contributed by atoms with Crippen LogP contribution < -0.4 is 10.2 Å². The quantitative estimate of drug-likeness (QED) is 0.854. The first kappa shape index (κ1) is 13.4. The van der Waals surface area contributed by atoms with Gasteiger partial charge < -0.3 is 15.3 Å². The Bertz CT molecular complexity index is 470. The summed E-state index contributed by atoms with van der Waals surface area (Å²) in [5, 5.41) is 11.6. The van der Waals surface area contributed by atoms with Crippen LogP contribution in [0, 0.1) is 6.92 Å². The van der Waals surface area contributed by atoms with Gasteiger partial charge in [-0.15, -0.1) is 0 Å². The number of carboxylic acids is 1. The number of nitrogens with zero attached hydrogens (tertiary/aromatic N) is 1. The molecule has 5 nitrogen and oxygen atoms in total. The number of anilines is 1. The predicted molar refractivity (Wildman–Crippen MR) is 72.2 cm³/mol. The lowest BCUT2D eigenvalue weighted by molar-refractivity contribution is -0.137. The number of carboxylic acid groups (broad SMARTS) is 1. The Labute approximate surface area is 112 Å². The Morgan fingerprint density at radius 3 is 2.74 bits per heavy atom. The zero-order chi connectivity index (χ0) is 13.8. The summed E-state index contributed by atoms with van der Waals surface area (Å²) in [5.41, 5.74) is 2.13. The number of aliphatic carboxylic acids is 1. The van der Waals surface area contributed by atoms with Crippen molar-refractivity contribution in [1.29, 1.82) is 0 Å². The second kappa shape index (κ2) is 5.73. The van der Waals surface area contributed by atoms with Crippen LogP contribution in [0.3, 0.4) is 0 Å². The molecule has 1 aliphatic rings. The highest BCUT2D eigenvalue weighted by Crippen LogP contribution is 2.21. The van der Waals surface area contributed by atoms with Gasteiger partial charge in [0.15, 0.2) is 0 Å². The van der Waals surface area contributed by atoms with E-state index in [2.05, 4.69) is 5.32 Å². The van der Waals surface area contributed by atoms with Gasteiger partial charge in [-0.1, -0.05) is 17.7 Å². The van der Waals surface area contributed by atoms with Crippen LogP contribution in [-0.4, -0.2) is 36.1 Å². The van der Waals surface area contributed by atoms with Crippen LogP contribution >= 0.6 is 0 Å². The Hall–Kier alpha value is -2.04. The summed E-state index contributed by atoms with van der Waals surface area (Å²) in [5.74, 6) is -0.826. The maximum Gasteiger partial charge on any atom is 0.303 e. The molecule has 2 N–H and O–H groups in total. The van der Waals surface area contributed by atoms with E-state index in [4.69, 9.17) is 5.11 Å². The van der Waals surface area contributed by atoms with E-state index in [1.165, 1.54) is 0 Å². The molecular formula is C14H18N2O3. The molecule has 0 aliphatic carbocycles. The SMILES string of the molecule is Cc1ccc(N2CC(=O)NCC2CCC(=O)O)cc1. The molecule has 0 radical (unpaired) electrons. The highest BCUT2D eigenvalue weighted by molar-refractivity contribution is 5.83. The molecule has 1 aromatic rings. The average Bonchev–Trinajstić information content (AvgIpc) is 2.38. The lowest BCUT2D eigenvalue weighted by Gasteiger charge is -2.37. The minimum absolute atomic E-state index is 0.0212. The van der Waals surface area contributed by atoms with Gasteiger partial charge in [-0.05, 0) is 25.5 Å². The summed E-state index contributed by atoms with van der Waals surface area (Å²) in [4.78, 5) is 24.2. The minimum Gasteiger partial charge on any atom is -0.481 e. The van der Waals surface area contributed by atoms with Crippen molar-refractivity contribution < 1.29 is 14.7 Å². The molecular weight excluding hydrogens is 244 g/mol. The molecule has 1 unspecified atom stereocenters. The molecule has 1 aliphatic heterocycles. The van der Waals surface area contributed by atoms with Crippen molar-refractivity contribution in [2.24, 2.45) is 0 Å².